The van der Waals surface area contributed by atoms with Crippen molar-refractivity contribution in [1.82, 2.24) is 4.98 Å². The molecule has 1 heteroatoms. The van der Waals surface area contributed by atoms with Gasteiger partial charge in [0.05, 0.1) is 0 Å². The minimum absolute atomic E-state index is 0.615. The lowest BCUT2D eigenvalue weighted by molar-refractivity contribution is 0.704. The summed E-state index contributed by atoms with van der Waals surface area (Å²) in [7, 11) is 0. The monoisotopic (exact) mass is 165 g/mol. The number of aromatic nitrogens is 1. The number of H-pyrrole nitrogens is 1. The van der Waals surface area contributed by atoms with E-state index in [1.54, 1.807) is 0 Å². The normalized spacial score (nSPS) is 13.8. The van der Waals surface area contributed by atoms with Crippen LogP contribution in [0.3, 0.4) is 0 Å². The maximum Gasteiger partial charge on any atom is 0.0208 e. The van der Waals surface area contributed by atoms with E-state index in [1.165, 1.54) is 17.7 Å². The summed E-state index contributed by atoms with van der Waals surface area (Å²) in [5.41, 5.74) is 2.90. The van der Waals surface area contributed by atoms with Gasteiger partial charge >= 0.3 is 0 Å². The maximum absolute atomic E-state index is 3.32. The molecule has 1 heterocycles. The predicted octanol–water partition coefficient (Wildman–Crippen LogP) is 3.65. The summed E-state index contributed by atoms with van der Waals surface area (Å²) in [5, 5.41) is 0. The summed E-state index contributed by atoms with van der Waals surface area (Å²) in [6.07, 6.45) is 3.27. The Morgan fingerprint density at radius 2 is 2.00 bits per heavy atom. The van der Waals surface area contributed by atoms with Gasteiger partial charge in [0.1, 0.15) is 0 Å². The van der Waals surface area contributed by atoms with Crippen LogP contribution in [-0.2, 0) is 0 Å². The minimum atomic E-state index is 0.615. The first-order valence-electron chi connectivity index (χ1n) is 4.84. The third-order valence-electron chi connectivity index (χ3n) is 2.53. The second-order valence-corrected chi connectivity index (χ2v) is 3.81. The van der Waals surface area contributed by atoms with E-state index in [9.17, 15) is 0 Å². The fourth-order valence-corrected chi connectivity index (χ4v) is 1.54. The lowest BCUT2D eigenvalue weighted by Crippen LogP contribution is -1.97. The first-order chi connectivity index (χ1) is 5.66. The van der Waals surface area contributed by atoms with Gasteiger partial charge in [0.2, 0.25) is 0 Å². The van der Waals surface area contributed by atoms with E-state index >= 15 is 0 Å². The molecule has 0 aliphatic heterocycles. The predicted molar refractivity (Wildman–Crippen MR) is 53.6 cm³/mol. The van der Waals surface area contributed by atoms with Crippen molar-refractivity contribution in [2.75, 3.05) is 0 Å². The van der Waals surface area contributed by atoms with Gasteiger partial charge in [-0.25, -0.2) is 0 Å². The molecule has 0 fully saturated rings. The second kappa shape index (κ2) is 3.79. The minimum Gasteiger partial charge on any atom is -0.365 e. The Labute approximate surface area is 75.2 Å². The first kappa shape index (κ1) is 9.37. The Balaban J connectivity index is 2.91. The highest BCUT2D eigenvalue weighted by atomic mass is 14.7. The number of hydrogen-bond donors (Lipinski definition) is 1. The van der Waals surface area contributed by atoms with E-state index in [0.29, 0.717) is 11.8 Å². The zero-order chi connectivity index (χ0) is 9.14. The molecule has 0 bridgehead atoms. The van der Waals surface area contributed by atoms with E-state index in [1.807, 2.05) is 0 Å². The van der Waals surface area contributed by atoms with Crippen LogP contribution in [0, 0.1) is 0 Å². The van der Waals surface area contributed by atoms with Crippen molar-refractivity contribution in [3.63, 3.8) is 0 Å². The summed E-state index contributed by atoms with van der Waals surface area (Å²) < 4.78 is 0. The SMILES string of the molecule is CCC(C)c1cc[nH]c1C(C)C. The van der Waals surface area contributed by atoms with Crippen molar-refractivity contribution in [1.29, 1.82) is 0 Å². The van der Waals surface area contributed by atoms with Crippen LogP contribution < -0.4 is 0 Å². The molecular formula is C11H19N. The molecule has 0 spiro atoms. The van der Waals surface area contributed by atoms with Crippen molar-refractivity contribution < 1.29 is 0 Å². The highest BCUT2D eigenvalue weighted by molar-refractivity contribution is 5.26. The van der Waals surface area contributed by atoms with Gasteiger partial charge in [0.15, 0.2) is 0 Å². The van der Waals surface area contributed by atoms with E-state index in [0.717, 1.165) is 0 Å². The molecule has 1 unspecified atom stereocenters. The number of hydrogen-bond acceptors (Lipinski definition) is 0. The molecule has 68 valence electrons. The molecule has 0 saturated heterocycles. The number of rotatable bonds is 3. The number of nitrogens with one attached hydrogen (secondary N) is 1. The van der Waals surface area contributed by atoms with Gasteiger partial charge in [-0.1, -0.05) is 27.7 Å². The van der Waals surface area contributed by atoms with E-state index < -0.39 is 0 Å². The van der Waals surface area contributed by atoms with Crippen molar-refractivity contribution in [2.24, 2.45) is 0 Å². The average Bonchev–Trinajstić information content (AvgIpc) is 2.50. The van der Waals surface area contributed by atoms with Gasteiger partial charge < -0.3 is 4.98 Å². The summed E-state index contributed by atoms with van der Waals surface area (Å²) in [5.74, 6) is 1.30. The molecule has 0 amide bonds. The van der Waals surface area contributed by atoms with Crippen molar-refractivity contribution >= 4 is 0 Å². The number of aromatic amines is 1. The molecule has 1 aromatic heterocycles. The Kier molecular flexibility index (Phi) is 2.96. The zero-order valence-electron chi connectivity index (χ0n) is 8.52. The summed E-state index contributed by atoms with van der Waals surface area (Å²) in [6, 6.07) is 2.21. The van der Waals surface area contributed by atoms with Gasteiger partial charge in [0.25, 0.3) is 0 Å². The van der Waals surface area contributed by atoms with Gasteiger partial charge in [-0.3, -0.25) is 0 Å². The van der Waals surface area contributed by atoms with Crippen LogP contribution >= 0.6 is 0 Å². The third kappa shape index (κ3) is 1.71. The zero-order valence-corrected chi connectivity index (χ0v) is 8.52. The van der Waals surface area contributed by atoms with Crippen LogP contribution in [0.4, 0.5) is 0 Å². The summed E-state index contributed by atoms with van der Waals surface area (Å²) in [4.78, 5) is 3.32. The molecule has 1 rings (SSSR count). The maximum atomic E-state index is 3.32. The van der Waals surface area contributed by atoms with Gasteiger partial charge in [-0.05, 0) is 29.9 Å². The van der Waals surface area contributed by atoms with Crippen LogP contribution in [0.15, 0.2) is 12.3 Å². The lowest BCUT2D eigenvalue weighted by Gasteiger charge is -2.12. The molecule has 1 nitrogen and oxygen atoms in total. The van der Waals surface area contributed by atoms with Crippen molar-refractivity contribution in [3.8, 4) is 0 Å². The Morgan fingerprint density at radius 3 is 2.50 bits per heavy atom. The van der Waals surface area contributed by atoms with Crippen LogP contribution in [0.5, 0.6) is 0 Å². The molecule has 0 aliphatic rings. The lowest BCUT2D eigenvalue weighted by atomic mass is 9.95. The van der Waals surface area contributed by atoms with E-state index in [2.05, 4.69) is 44.9 Å². The molecule has 1 N–H and O–H groups in total. The smallest absolute Gasteiger partial charge is 0.0208 e. The summed E-state index contributed by atoms with van der Waals surface area (Å²) in [6.45, 7) is 8.99. The Bertz CT molecular complexity index is 235. The molecule has 1 aromatic rings. The quantitative estimate of drug-likeness (QED) is 0.703. The molecule has 1 atom stereocenters. The molecule has 0 saturated carbocycles. The van der Waals surface area contributed by atoms with Gasteiger partial charge in [0, 0.05) is 11.9 Å². The largest absolute Gasteiger partial charge is 0.365 e. The van der Waals surface area contributed by atoms with Crippen molar-refractivity contribution in [2.45, 2.75) is 46.0 Å². The molecule has 12 heavy (non-hydrogen) atoms. The third-order valence-corrected chi connectivity index (χ3v) is 2.53. The molecular weight excluding hydrogens is 146 g/mol. The van der Waals surface area contributed by atoms with E-state index in [4.69, 9.17) is 0 Å². The van der Waals surface area contributed by atoms with Gasteiger partial charge in [-0.2, -0.15) is 0 Å². The van der Waals surface area contributed by atoms with E-state index in [-0.39, 0.29) is 0 Å². The molecule has 0 aliphatic carbocycles. The Hall–Kier alpha value is -0.720. The standard InChI is InChI=1S/C11H19N/c1-5-9(4)10-6-7-12-11(10)8(2)3/h6-9,12H,5H2,1-4H3. The fraction of sp³-hybridized carbons (Fsp3) is 0.636. The van der Waals surface area contributed by atoms with Crippen molar-refractivity contribution in [3.05, 3.63) is 23.5 Å². The molecule has 0 aromatic carbocycles. The first-order valence-corrected chi connectivity index (χ1v) is 4.84. The summed E-state index contributed by atoms with van der Waals surface area (Å²) >= 11 is 0. The Morgan fingerprint density at radius 1 is 1.33 bits per heavy atom. The van der Waals surface area contributed by atoms with Crippen LogP contribution in [0.2, 0.25) is 0 Å². The highest BCUT2D eigenvalue weighted by Gasteiger charge is 2.11. The van der Waals surface area contributed by atoms with Crippen LogP contribution in [-0.4, -0.2) is 4.98 Å². The molecule has 0 radical (unpaired) electrons. The topological polar surface area (TPSA) is 15.8 Å². The van der Waals surface area contributed by atoms with Gasteiger partial charge in [-0.15, -0.1) is 0 Å². The van der Waals surface area contributed by atoms with Crippen LogP contribution in [0.1, 0.15) is 57.2 Å². The highest BCUT2D eigenvalue weighted by Crippen LogP contribution is 2.26. The second-order valence-electron chi connectivity index (χ2n) is 3.81. The fourth-order valence-electron chi connectivity index (χ4n) is 1.54. The average molecular weight is 165 g/mol. The van der Waals surface area contributed by atoms with Crippen LogP contribution in [0.25, 0.3) is 0 Å².